The Morgan fingerprint density at radius 1 is 0.963 bits per heavy atom. The minimum atomic E-state index is -0.575. The zero-order valence-corrected chi connectivity index (χ0v) is 15.1. The molecule has 0 heterocycles. The highest BCUT2D eigenvalue weighted by Crippen LogP contribution is 2.25. The standard InChI is InChI=1S/C22H22N2O3/c1-26-20-12-9-18(15-23)21(14-20)27-22(25)24-19-10-7-17(8-11-19)13-16-5-3-2-4-6-16/h2-12,14H,13,15,23H2,1H3,(H,24,25). The van der Waals surface area contributed by atoms with E-state index < -0.39 is 6.09 Å². The van der Waals surface area contributed by atoms with Gasteiger partial charge in [0.1, 0.15) is 11.5 Å². The first kappa shape index (κ1) is 18.5. The number of amides is 1. The van der Waals surface area contributed by atoms with Gasteiger partial charge in [0.2, 0.25) is 0 Å². The summed E-state index contributed by atoms with van der Waals surface area (Å²) >= 11 is 0. The summed E-state index contributed by atoms with van der Waals surface area (Å²) in [4.78, 5) is 12.2. The van der Waals surface area contributed by atoms with E-state index in [0.29, 0.717) is 17.2 Å². The lowest BCUT2D eigenvalue weighted by Crippen LogP contribution is -2.18. The maximum Gasteiger partial charge on any atom is 0.417 e. The van der Waals surface area contributed by atoms with Crippen LogP contribution in [-0.2, 0) is 13.0 Å². The van der Waals surface area contributed by atoms with Crippen LogP contribution < -0.4 is 20.5 Å². The molecule has 0 saturated heterocycles. The predicted octanol–water partition coefficient (Wildman–Crippen LogP) is 4.36. The van der Waals surface area contributed by atoms with E-state index in [-0.39, 0.29) is 6.54 Å². The second-order valence-electron chi connectivity index (χ2n) is 6.05. The SMILES string of the molecule is COc1ccc(CN)c(OC(=O)Nc2ccc(Cc3ccccc3)cc2)c1. The Hall–Kier alpha value is -3.31. The number of methoxy groups -OCH3 is 1. The molecule has 5 nitrogen and oxygen atoms in total. The van der Waals surface area contributed by atoms with Crippen LogP contribution in [0.25, 0.3) is 0 Å². The molecule has 0 saturated carbocycles. The van der Waals surface area contributed by atoms with E-state index in [1.54, 1.807) is 25.3 Å². The molecule has 0 fully saturated rings. The third kappa shape index (κ3) is 5.09. The molecule has 0 radical (unpaired) electrons. The van der Waals surface area contributed by atoms with Gasteiger partial charge in [-0.05, 0) is 35.7 Å². The minimum absolute atomic E-state index is 0.265. The second kappa shape index (κ2) is 8.87. The third-order valence-corrected chi connectivity index (χ3v) is 4.15. The number of anilines is 1. The summed E-state index contributed by atoms with van der Waals surface area (Å²) in [5.74, 6) is 0.982. The smallest absolute Gasteiger partial charge is 0.417 e. The molecule has 0 aromatic heterocycles. The monoisotopic (exact) mass is 362 g/mol. The minimum Gasteiger partial charge on any atom is -0.497 e. The summed E-state index contributed by atoms with van der Waals surface area (Å²) in [5, 5.41) is 2.73. The van der Waals surface area contributed by atoms with Crippen molar-refractivity contribution >= 4 is 11.8 Å². The number of hydrogen-bond donors (Lipinski definition) is 2. The van der Waals surface area contributed by atoms with Crippen LogP contribution in [0.2, 0.25) is 0 Å². The zero-order chi connectivity index (χ0) is 19.1. The largest absolute Gasteiger partial charge is 0.497 e. The van der Waals surface area contributed by atoms with E-state index in [0.717, 1.165) is 12.0 Å². The van der Waals surface area contributed by atoms with Crippen LogP contribution in [0.1, 0.15) is 16.7 Å². The number of nitrogens with two attached hydrogens (primary N) is 1. The molecule has 0 aliphatic carbocycles. The third-order valence-electron chi connectivity index (χ3n) is 4.15. The average Bonchev–Trinajstić information content (AvgIpc) is 2.70. The molecule has 0 bridgehead atoms. The van der Waals surface area contributed by atoms with Gasteiger partial charge in [-0.25, -0.2) is 4.79 Å². The number of benzene rings is 3. The molecule has 5 heteroatoms. The van der Waals surface area contributed by atoms with Crippen LogP contribution in [0.15, 0.2) is 72.8 Å². The van der Waals surface area contributed by atoms with Crippen LogP contribution in [0, 0.1) is 0 Å². The number of hydrogen-bond acceptors (Lipinski definition) is 4. The fraction of sp³-hybridized carbons (Fsp3) is 0.136. The van der Waals surface area contributed by atoms with E-state index in [4.69, 9.17) is 15.2 Å². The van der Waals surface area contributed by atoms with E-state index in [1.807, 2.05) is 42.5 Å². The lowest BCUT2D eigenvalue weighted by Gasteiger charge is -2.11. The number of carbonyl (C=O) groups is 1. The van der Waals surface area contributed by atoms with Crippen molar-refractivity contribution in [2.45, 2.75) is 13.0 Å². The maximum absolute atomic E-state index is 12.2. The van der Waals surface area contributed by atoms with E-state index in [2.05, 4.69) is 17.4 Å². The molecule has 3 N–H and O–H groups in total. The van der Waals surface area contributed by atoms with Crippen molar-refractivity contribution in [2.24, 2.45) is 5.73 Å². The average molecular weight is 362 g/mol. The molecule has 3 aromatic rings. The highest BCUT2D eigenvalue weighted by molar-refractivity contribution is 5.86. The maximum atomic E-state index is 12.2. The van der Waals surface area contributed by atoms with Crippen molar-refractivity contribution in [3.05, 3.63) is 89.5 Å². The summed E-state index contributed by atoms with van der Waals surface area (Å²) in [6.45, 7) is 0.265. The quantitative estimate of drug-likeness (QED) is 0.683. The zero-order valence-electron chi connectivity index (χ0n) is 15.1. The first-order valence-electron chi connectivity index (χ1n) is 8.66. The second-order valence-corrected chi connectivity index (χ2v) is 6.05. The Kier molecular flexibility index (Phi) is 6.07. The molecule has 3 aromatic carbocycles. The van der Waals surface area contributed by atoms with Crippen molar-refractivity contribution in [3.63, 3.8) is 0 Å². The van der Waals surface area contributed by atoms with Gasteiger partial charge >= 0.3 is 6.09 Å². The molecule has 0 aliphatic rings. The van der Waals surface area contributed by atoms with Gasteiger partial charge in [0.15, 0.2) is 0 Å². The molecule has 0 spiro atoms. The number of nitrogens with one attached hydrogen (secondary N) is 1. The topological polar surface area (TPSA) is 73.6 Å². The van der Waals surface area contributed by atoms with Gasteiger partial charge < -0.3 is 15.2 Å². The van der Waals surface area contributed by atoms with Gasteiger partial charge in [0, 0.05) is 23.9 Å². The Bertz CT molecular complexity index is 893. The summed E-state index contributed by atoms with van der Waals surface area (Å²) < 4.78 is 10.6. The Morgan fingerprint density at radius 3 is 2.33 bits per heavy atom. The van der Waals surface area contributed by atoms with Crippen molar-refractivity contribution < 1.29 is 14.3 Å². The number of rotatable bonds is 6. The molecular formula is C22H22N2O3. The van der Waals surface area contributed by atoms with Crippen LogP contribution in [0.3, 0.4) is 0 Å². The fourth-order valence-corrected chi connectivity index (χ4v) is 2.71. The highest BCUT2D eigenvalue weighted by Gasteiger charge is 2.10. The number of ether oxygens (including phenoxy) is 2. The fourth-order valence-electron chi connectivity index (χ4n) is 2.71. The molecular weight excluding hydrogens is 340 g/mol. The lowest BCUT2D eigenvalue weighted by atomic mass is 10.1. The van der Waals surface area contributed by atoms with Gasteiger partial charge in [-0.15, -0.1) is 0 Å². The van der Waals surface area contributed by atoms with Gasteiger partial charge in [-0.3, -0.25) is 5.32 Å². The van der Waals surface area contributed by atoms with Crippen molar-refractivity contribution in [3.8, 4) is 11.5 Å². The molecule has 138 valence electrons. The highest BCUT2D eigenvalue weighted by atomic mass is 16.6. The summed E-state index contributed by atoms with van der Waals surface area (Å²) in [6.07, 6.45) is 0.267. The molecule has 0 atom stereocenters. The van der Waals surface area contributed by atoms with Gasteiger partial charge in [0.25, 0.3) is 0 Å². The molecule has 1 amide bonds. The van der Waals surface area contributed by atoms with Crippen molar-refractivity contribution in [1.29, 1.82) is 0 Å². The van der Waals surface area contributed by atoms with Gasteiger partial charge in [-0.1, -0.05) is 48.5 Å². The molecule has 0 unspecified atom stereocenters. The van der Waals surface area contributed by atoms with Crippen LogP contribution in [-0.4, -0.2) is 13.2 Å². The van der Waals surface area contributed by atoms with Crippen LogP contribution >= 0.6 is 0 Å². The normalized spacial score (nSPS) is 10.3. The van der Waals surface area contributed by atoms with Crippen LogP contribution in [0.5, 0.6) is 11.5 Å². The van der Waals surface area contributed by atoms with E-state index >= 15 is 0 Å². The Labute approximate surface area is 158 Å². The van der Waals surface area contributed by atoms with E-state index in [9.17, 15) is 4.79 Å². The van der Waals surface area contributed by atoms with Crippen LogP contribution in [0.4, 0.5) is 10.5 Å². The van der Waals surface area contributed by atoms with Gasteiger partial charge in [0.05, 0.1) is 7.11 Å². The predicted molar refractivity (Wildman–Crippen MR) is 106 cm³/mol. The van der Waals surface area contributed by atoms with Crippen molar-refractivity contribution in [1.82, 2.24) is 0 Å². The molecule has 3 rings (SSSR count). The molecule has 27 heavy (non-hydrogen) atoms. The first-order chi connectivity index (χ1) is 13.2. The first-order valence-corrected chi connectivity index (χ1v) is 8.66. The summed E-state index contributed by atoms with van der Waals surface area (Å²) in [6, 6.07) is 23.1. The molecule has 0 aliphatic heterocycles. The summed E-state index contributed by atoms with van der Waals surface area (Å²) in [7, 11) is 1.55. The summed E-state index contributed by atoms with van der Waals surface area (Å²) in [5.41, 5.74) is 9.49. The Morgan fingerprint density at radius 2 is 1.67 bits per heavy atom. The van der Waals surface area contributed by atoms with E-state index in [1.165, 1.54) is 11.1 Å². The van der Waals surface area contributed by atoms with Gasteiger partial charge in [-0.2, -0.15) is 0 Å². The Balaban J connectivity index is 1.63. The van der Waals surface area contributed by atoms with Crippen molar-refractivity contribution in [2.75, 3.05) is 12.4 Å². The number of carbonyl (C=O) groups excluding carboxylic acids is 1. The lowest BCUT2D eigenvalue weighted by molar-refractivity contribution is 0.214.